The first-order valence-corrected chi connectivity index (χ1v) is 9.72. The van der Waals surface area contributed by atoms with Gasteiger partial charge in [0.05, 0.1) is 27.0 Å². The van der Waals surface area contributed by atoms with E-state index in [1.165, 1.54) is 11.3 Å². The molecule has 0 radical (unpaired) electrons. The second kappa shape index (κ2) is 6.87. The van der Waals surface area contributed by atoms with Crippen molar-refractivity contribution in [3.63, 3.8) is 0 Å². The summed E-state index contributed by atoms with van der Waals surface area (Å²) in [7, 11) is 0. The van der Waals surface area contributed by atoms with E-state index in [0.717, 1.165) is 32.4 Å². The molecular formula is C23H15N3OS. The number of thiazole rings is 1. The molecule has 0 aliphatic carbocycles. The summed E-state index contributed by atoms with van der Waals surface area (Å²) in [5.74, 6) is -0.185. The first kappa shape index (κ1) is 16.6. The fraction of sp³-hybridized carbons (Fsp3) is 0. The number of carbonyl (C=O) groups is 1. The van der Waals surface area contributed by atoms with E-state index in [0.29, 0.717) is 10.7 Å². The fourth-order valence-electron chi connectivity index (χ4n) is 3.21. The van der Waals surface area contributed by atoms with Crippen LogP contribution in [-0.2, 0) is 0 Å². The van der Waals surface area contributed by atoms with Gasteiger partial charge in [0.25, 0.3) is 5.91 Å². The van der Waals surface area contributed by atoms with E-state index in [1.807, 2.05) is 84.9 Å². The summed E-state index contributed by atoms with van der Waals surface area (Å²) < 4.78 is 1.04. The van der Waals surface area contributed by atoms with Gasteiger partial charge in [0.15, 0.2) is 5.13 Å². The molecule has 134 valence electrons. The van der Waals surface area contributed by atoms with Crippen molar-refractivity contribution in [1.82, 2.24) is 9.97 Å². The number of carbonyl (C=O) groups excluding carboxylic acids is 1. The second-order valence-electron chi connectivity index (χ2n) is 6.38. The van der Waals surface area contributed by atoms with Gasteiger partial charge in [-0.1, -0.05) is 72.0 Å². The van der Waals surface area contributed by atoms with Crippen LogP contribution in [-0.4, -0.2) is 15.9 Å². The smallest absolute Gasteiger partial charge is 0.258 e. The van der Waals surface area contributed by atoms with Crippen molar-refractivity contribution < 1.29 is 4.79 Å². The van der Waals surface area contributed by atoms with Gasteiger partial charge in [0.1, 0.15) is 0 Å². The van der Waals surface area contributed by atoms with Crippen molar-refractivity contribution in [3.8, 4) is 11.3 Å². The molecule has 5 aromatic rings. The fourth-order valence-corrected chi connectivity index (χ4v) is 4.07. The van der Waals surface area contributed by atoms with Crippen molar-refractivity contribution in [3.05, 3.63) is 90.5 Å². The Balaban J connectivity index is 1.59. The summed E-state index contributed by atoms with van der Waals surface area (Å²) in [6.45, 7) is 0. The van der Waals surface area contributed by atoms with Crippen molar-refractivity contribution in [2.24, 2.45) is 0 Å². The Morgan fingerprint density at radius 1 is 0.786 bits per heavy atom. The largest absolute Gasteiger partial charge is 0.298 e. The second-order valence-corrected chi connectivity index (χ2v) is 7.41. The number of nitrogens with one attached hydrogen (secondary N) is 1. The Kier molecular flexibility index (Phi) is 4.07. The minimum absolute atomic E-state index is 0.185. The first-order chi connectivity index (χ1) is 13.8. The highest BCUT2D eigenvalue weighted by Crippen LogP contribution is 2.28. The van der Waals surface area contributed by atoms with Crippen LogP contribution in [0.2, 0.25) is 0 Å². The van der Waals surface area contributed by atoms with Crippen LogP contribution >= 0.6 is 11.3 Å². The van der Waals surface area contributed by atoms with Crippen LogP contribution in [0.1, 0.15) is 10.4 Å². The lowest BCUT2D eigenvalue weighted by molar-refractivity contribution is 0.102. The van der Waals surface area contributed by atoms with Gasteiger partial charge in [-0.2, -0.15) is 0 Å². The number of hydrogen-bond acceptors (Lipinski definition) is 4. The number of benzene rings is 3. The normalized spacial score (nSPS) is 11.0. The molecular weight excluding hydrogens is 366 g/mol. The first-order valence-electron chi connectivity index (χ1n) is 8.90. The lowest BCUT2D eigenvalue weighted by atomic mass is 10.0. The molecule has 0 bridgehead atoms. The molecule has 5 rings (SSSR count). The van der Waals surface area contributed by atoms with Crippen LogP contribution in [0.3, 0.4) is 0 Å². The van der Waals surface area contributed by atoms with E-state index in [1.54, 1.807) is 0 Å². The van der Waals surface area contributed by atoms with Crippen molar-refractivity contribution in [2.75, 3.05) is 5.32 Å². The molecule has 0 aliphatic heterocycles. The van der Waals surface area contributed by atoms with Crippen LogP contribution in [0.25, 0.3) is 32.4 Å². The van der Waals surface area contributed by atoms with Gasteiger partial charge in [-0.3, -0.25) is 10.1 Å². The van der Waals surface area contributed by atoms with Gasteiger partial charge in [0.2, 0.25) is 0 Å². The number of hydrogen-bond donors (Lipinski definition) is 1. The number of amides is 1. The third kappa shape index (κ3) is 3.02. The maximum atomic E-state index is 13.1. The number of rotatable bonds is 3. The SMILES string of the molecule is O=C(Nc1nc2ccccc2s1)c1cc(-c2ccccc2)nc2ccccc12. The summed E-state index contributed by atoms with van der Waals surface area (Å²) in [6.07, 6.45) is 0. The van der Waals surface area contributed by atoms with Gasteiger partial charge in [0, 0.05) is 10.9 Å². The zero-order chi connectivity index (χ0) is 18.9. The third-order valence-electron chi connectivity index (χ3n) is 4.54. The Hall–Kier alpha value is -3.57. The molecule has 0 atom stereocenters. The van der Waals surface area contributed by atoms with Crippen LogP contribution in [0.15, 0.2) is 84.9 Å². The van der Waals surface area contributed by atoms with Crippen molar-refractivity contribution >= 4 is 43.5 Å². The summed E-state index contributed by atoms with van der Waals surface area (Å²) >= 11 is 1.47. The van der Waals surface area contributed by atoms with E-state index in [4.69, 9.17) is 4.98 Å². The molecule has 5 heteroatoms. The molecule has 0 saturated heterocycles. The molecule has 0 spiro atoms. The monoisotopic (exact) mass is 381 g/mol. The Bertz CT molecular complexity index is 1280. The van der Waals surface area contributed by atoms with Gasteiger partial charge in [-0.25, -0.2) is 9.97 Å². The topological polar surface area (TPSA) is 54.9 Å². The lowest BCUT2D eigenvalue weighted by Gasteiger charge is -2.09. The highest BCUT2D eigenvalue weighted by molar-refractivity contribution is 7.22. The van der Waals surface area contributed by atoms with Crippen molar-refractivity contribution in [2.45, 2.75) is 0 Å². The van der Waals surface area contributed by atoms with E-state index in [9.17, 15) is 4.79 Å². The van der Waals surface area contributed by atoms with Crippen LogP contribution < -0.4 is 5.32 Å². The molecule has 2 aromatic heterocycles. The molecule has 3 aromatic carbocycles. The molecule has 1 amide bonds. The predicted molar refractivity (Wildman–Crippen MR) is 115 cm³/mol. The Morgan fingerprint density at radius 2 is 1.50 bits per heavy atom. The van der Waals surface area contributed by atoms with Gasteiger partial charge in [-0.05, 0) is 24.3 Å². The zero-order valence-corrected chi connectivity index (χ0v) is 15.6. The summed E-state index contributed by atoms with van der Waals surface area (Å²) in [6, 6.07) is 27.3. The number of para-hydroxylation sites is 2. The average molecular weight is 381 g/mol. The van der Waals surface area contributed by atoms with Crippen molar-refractivity contribution in [1.29, 1.82) is 0 Å². The van der Waals surface area contributed by atoms with Crippen LogP contribution in [0.5, 0.6) is 0 Å². The van der Waals surface area contributed by atoms with Gasteiger partial charge in [-0.15, -0.1) is 0 Å². The number of aromatic nitrogens is 2. The average Bonchev–Trinajstić information content (AvgIpc) is 3.15. The minimum Gasteiger partial charge on any atom is -0.298 e. The van der Waals surface area contributed by atoms with Crippen LogP contribution in [0.4, 0.5) is 5.13 Å². The van der Waals surface area contributed by atoms with Gasteiger partial charge < -0.3 is 0 Å². The molecule has 0 fully saturated rings. The highest BCUT2D eigenvalue weighted by Gasteiger charge is 2.15. The predicted octanol–water partition coefficient (Wildman–Crippen LogP) is 5.76. The van der Waals surface area contributed by atoms with E-state index in [2.05, 4.69) is 10.3 Å². The quantitative estimate of drug-likeness (QED) is 0.432. The summed E-state index contributed by atoms with van der Waals surface area (Å²) in [5, 5.41) is 4.37. The van der Waals surface area contributed by atoms with Crippen LogP contribution in [0, 0.1) is 0 Å². The zero-order valence-electron chi connectivity index (χ0n) is 14.8. The number of fused-ring (bicyclic) bond motifs is 2. The highest BCUT2D eigenvalue weighted by atomic mass is 32.1. The Labute approximate surface area is 165 Å². The molecule has 0 aliphatic rings. The number of pyridine rings is 1. The lowest BCUT2D eigenvalue weighted by Crippen LogP contribution is -2.13. The maximum Gasteiger partial charge on any atom is 0.258 e. The molecule has 0 saturated carbocycles. The molecule has 28 heavy (non-hydrogen) atoms. The summed E-state index contributed by atoms with van der Waals surface area (Å²) in [4.78, 5) is 22.4. The number of nitrogens with zero attached hydrogens (tertiary/aromatic N) is 2. The maximum absolute atomic E-state index is 13.1. The van der Waals surface area contributed by atoms with Gasteiger partial charge >= 0.3 is 0 Å². The molecule has 2 heterocycles. The minimum atomic E-state index is -0.185. The number of anilines is 1. The third-order valence-corrected chi connectivity index (χ3v) is 5.50. The van der Waals surface area contributed by atoms with E-state index in [-0.39, 0.29) is 5.91 Å². The standard InChI is InChI=1S/C23H15N3OS/c27-22(26-23-25-19-12-6-7-13-21(19)28-23)17-14-20(15-8-2-1-3-9-15)24-18-11-5-4-10-16(17)18/h1-14H,(H,25,26,27). The van der Waals surface area contributed by atoms with E-state index < -0.39 is 0 Å². The Morgan fingerprint density at radius 3 is 2.32 bits per heavy atom. The molecule has 1 N–H and O–H groups in total. The van der Waals surface area contributed by atoms with E-state index >= 15 is 0 Å². The molecule has 4 nitrogen and oxygen atoms in total. The molecule has 0 unspecified atom stereocenters. The summed E-state index contributed by atoms with van der Waals surface area (Å²) in [5.41, 5.74) is 4.01.